The molecule has 2 aliphatic rings. The van der Waals surface area contributed by atoms with Crippen LogP contribution in [-0.4, -0.2) is 19.8 Å². The van der Waals surface area contributed by atoms with Gasteiger partial charge in [-0.05, 0) is 31.4 Å². The summed E-state index contributed by atoms with van der Waals surface area (Å²) in [5.74, 6) is 1.78. The maximum absolute atomic E-state index is 11.0. The molecule has 0 unspecified atom stereocenters. The third-order valence-corrected chi connectivity index (χ3v) is 4.50. The molecule has 1 aromatic carbocycles. The van der Waals surface area contributed by atoms with Crippen LogP contribution in [0, 0.1) is 6.92 Å². The number of hydrogen-bond donors (Lipinski definition) is 0. The van der Waals surface area contributed by atoms with Gasteiger partial charge >= 0.3 is 0 Å². The quantitative estimate of drug-likeness (QED) is 0.628. The lowest BCUT2D eigenvalue weighted by molar-refractivity contribution is 0.355. The van der Waals surface area contributed by atoms with Crippen LogP contribution in [0.2, 0.25) is 0 Å². The molecule has 1 aliphatic heterocycles. The predicted molar refractivity (Wildman–Crippen MR) is 75.2 cm³/mol. The molecule has 1 saturated carbocycles. The van der Waals surface area contributed by atoms with Crippen LogP contribution in [0.25, 0.3) is 0 Å². The molecule has 1 aromatic rings. The van der Waals surface area contributed by atoms with Crippen LogP contribution in [0.5, 0.6) is 11.5 Å². The summed E-state index contributed by atoms with van der Waals surface area (Å²) in [6.07, 6.45) is 6.58. The molecular weight excluding hydrogens is 254 g/mol. The number of isocyanates is 1. The zero-order chi connectivity index (χ0) is 14.2. The summed E-state index contributed by atoms with van der Waals surface area (Å²) < 4.78 is 11.3. The maximum atomic E-state index is 11.0. The molecule has 0 aromatic heterocycles. The summed E-state index contributed by atoms with van der Waals surface area (Å²) in [4.78, 5) is 15.2. The first-order valence-corrected chi connectivity index (χ1v) is 7.14. The first-order chi connectivity index (χ1) is 9.72. The van der Waals surface area contributed by atoms with Crippen LogP contribution in [0.15, 0.2) is 11.1 Å². The number of nitrogens with zero attached hydrogens (tertiary/aromatic N) is 1. The lowest BCUT2D eigenvalue weighted by Crippen LogP contribution is -2.22. The maximum Gasteiger partial charge on any atom is 0.235 e. The van der Waals surface area contributed by atoms with Gasteiger partial charge in [-0.2, -0.15) is 4.99 Å². The third-order valence-electron chi connectivity index (χ3n) is 4.50. The molecule has 1 aliphatic carbocycles. The molecular formula is C16H19NO3. The van der Waals surface area contributed by atoms with Crippen molar-refractivity contribution in [1.29, 1.82) is 0 Å². The van der Waals surface area contributed by atoms with Crippen LogP contribution < -0.4 is 9.47 Å². The third kappa shape index (κ3) is 1.83. The van der Waals surface area contributed by atoms with Gasteiger partial charge < -0.3 is 9.47 Å². The average molecular weight is 273 g/mol. The van der Waals surface area contributed by atoms with Crippen molar-refractivity contribution in [2.24, 2.45) is 4.99 Å². The number of ether oxygens (including phenoxy) is 2. The molecule has 20 heavy (non-hydrogen) atoms. The molecule has 106 valence electrons. The van der Waals surface area contributed by atoms with Crippen LogP contribution in [0.1, 0.15) is 42.4 Å². The lowest BCUT2D eigenvalue weighted by Gasteiger charge is -2.28. The molecule has 0 atom stereocenters. The number of aliphatic imine (C=N–C) groups is 1. The predicted octanol–water partition coefficient (Wildman–Crippen LogP) is 3.04. The zero-order valence-electron chi connectivity index (χ0n) is 12.0. The van der Waals surface area contributed by atoms with Gasteiger partial charge in [-0.1, -0.05) is 12.8 Å². The minimum absolute atomic E-state index is 0.461. The summed E-state index contributed by atoms with van der Waals surface area (Å²) in [5.41, 5.74) is 2.80. The van der Waals surface area contributed by atoms with E-state index in [-0.39, 0.29) is 0 Å². The van der Waals surface area contributed by atoms with E-state index in [0.717, 1.165) is 60.3 Å². The van der Waals surface area contributed by atoms with Crippen molar-refractivity contribution in [1.82, 2.24) is 0 Å². The summed E-state index contributed by atoms with van der Waals surface area (Å²) in [6, 6.07) is 2.03. The van der Waals surface area contributed by atoms with Crippen molar-refractivity contribution in [3.05, 3.63) is 22.8 Å². The molecule has 3 rings (SSSR count). The van der Waals surface area contributed by atoms with Crippen LogP contribution in [0.3, 0.4) is 0 Å². The molecule has 1 heterocycles. The van der Waals surface area contributed by atoms with Gasteiger partial charge in [0.15, 0.2) is 0 Å². The fraction of sp³-hybridized carbons (Fsp3) is 0.562. The SMILES string of the molecule is COc1c(C)cc2c(c1C1(N=C=O)CCCC1)CCO2. The lowest BCUT2D eigenvalue weighted by atomic mass is 9.82. The Labute approximate surface area is 118 Å². The van der Waals surface area contributed by atoms with Crippen molar-refractivity contribution in [3.63, 3.8) is 0 Å². The number of rotatable bonds is 3. The zero-order valence-corrected chi connectivity index (χ0v) is 12.0. The van der Waals surface area contributed by atoms with E-state index in [1.165, 1.54) is 0 Å². The van der Waals surface area contributed by atoms with E-state index < -0.39 is 5.54 Å². The highest BCUT2D eigenvalue weighted by Gasteiger charge is 2.42. The van der Waals surface area contributed by atoms with Crippen molar-refractivity contribution < 1.29 is 14.3 Å². The number of methoxy groups -OCH3 is 1. The fourth-order valence-corrected chi connectivity index (χ4v) is 3.67. The van der Waals surface area contributed by atoms with E-state index in [0.29, 0.717) is 6.61 Å². The summed E-state index contributed by atoms with van der Waals surface area (Å²) >= 11 is 0. The van der Waals surface area contributed by atoms with E-state index in [9.17, 15) is 4.79 Å². The van der Waals surface area contributed by atoms with Crippen molar-refractivity contribution >= 4 is 6.08 Å². The topological polar surface area (TPSA) is 47.9 Å². The average Bonchev–Trinajstić information content (AvgIpc) is 3.07. The Morgan fingerprint density at radius 1 is 1.40 bits per heavy atom. The van der Waals surface area contributed by atoms with Gasteiger partial charge in [0.2, 0.25) is 6.08 Å². The van der Waals surface area contributed by atoms with Gasteiger partial charge in [0.25, 0.3) is 0 Å². The van der Waals surface area contributed by atoms with Crippen molar-refractivity contribution in [2.45, 2.75) is 44.6 Å². The highest BCUT2D eigenvalue weighted by Crippen LogP contribution is 2.51. The molecule has 4 heteroatoms. The standard InChI is InChI=1S/C16H19NO3/c1-11-9-13-12(5-8-20-13)14(15(11)19-2)16(17-10-18)6-3-4-7-16/h9H,3-8H2,1-2H3. The molecule has 0 bridgehead atoms. The van der Waals surface area contributed by atoms with Gasteiger partial charge in [0.05, 0.1) is 13.7 Å². The van der Waals surface area contributed by atoms with Gasteiger partial charge in [-0.25, -0.2) is 4.79 Å². The van der Waals surface area contributed by atoms with Crippen molar-refractivity contribution in [3.8, 4) is 11.5 Å². The van der Waals surface area contributed by atoms with Gasteiger partial charge in [-0.3, -0.25) is 0 Å². The summed E-state index contributed by atoms with van der Waals surface area (Å²) in [5, 5.41) is 0. The first-order valence-electron chi connectivity index (χ1n) is 7.14. The molecule has 0 amide bonds. The summed E-state index contributed by atoms with van der Waals surface area (Å²) in [7, 11) is 1.68. The van der Waals surface area contributed by atoms with Crippen LogP contribution >= 0.6 is 0 Å². The molecule has 0 radical (unpaired) electrons. The Morgan fingerprint density at radius 3 is 2.80 bits per heavy atom. The number of aryl methyl sites for hydroxylation is 1. The van der Waals surface area contributed by atoms with E-state index in [2.05, 4.69) is 4.99 Å². The summed E-state index contributed by atoms with van der Waals surface area (Å²) in [6.45, 7) is 2.70. The van der Waals surface area contributed by atoms with Gasteiger partial charge in [0, 0.05) is 17.5 Å². The number of carbonyl (C=O) groups excluding carboxylic acids is 1. The highest BCUT2D eigenvalue weighted by atomic mass is 16.5. The largest absolute Gasteiger partial charge is 0.496 e. The second-order valence-corrected chi connectivity index (χ2v) is 5.62. The van der Waals surface area contributed by atoms with Crippen LogP contribution in [-0.2, 0) is 16.8 Å². The number of hydrogen-bond acceptors (Lipinski definition) is 4. The number of fused-ring (bicyclic) bond motifs is 1. The van der Waals surface area contributed by atoms with E-state index in [1.54, 1.807) is 13.2 Å². The van der Waals surface area contributed by atoms with Gasteiger partial charge in [-0.15, -0.1) is 0 Å². The minimum Gasteiger partial charge on any atom is -0.496 e. The molecule has 4 nitrogen and oxygen atoms in total. The first kappa shape index (κ1) is 13.2. The highest BCUT2D eigenvalue weighted by molar-refractivity contribution is 5.59. The Morgan fingerprint density at radius 2 is 2.15 bits per heavy atom. The van der Waals surface area contributed by atoms with Crippen molar-refractivity contribution in [2.75, 3.05) is 13.7 Å². The Balaban J connectivity index is 2.28. The smallest absolute Gasteiger partial charge is 0.235 e. The van der Waals surface area contributed by atoms with E-state index in [1.807, 2.05) is 13.0 Å². The van der Waals surface area contributed by atoms with E-state index in [4.69, 9.17) is 9.47 Å². The monoisotopic (exact) mass is 273 g/mol. The Bertz CT molecular complexity index is 578. The fourth-order valence-electron chi connectivity index (χ4n) is 3.67. The molecule has 0 spiro atoms. The van der Waals surface area contributed by atoms with E-state index >= 15 is 0 Å². The van der Waals surface area contributed by atoms with Crippen LogP contribution in [0.4, 0.5) is 0 Å². The second-order valence-electron chi connectivity index (χ2n) is 5.62. The molecule has 0 N–H and O–H groups in total. The number of benzene rings is 1. The minimum atomic E-state index is -0.461. The normalized spacial score (nSPS) is 19.1. The van der Waals surface area contributed by atoms with Gasteiger partial charge in [0.1, 0.15) is 17.0 Å². The Hall–Kier alpha value is -1.80. The Kier molecular flexibility index (Phi) is 3.27. The molecule has 1 fully saturated rings. The second kappa shape index (κ2) is 4.95. The molecule has 0 saturated heterocycles.